The van der Waals surface area contributed by atoms with E-state index < -0.39 is 19.2 Å². The number of nitrogens with one attached hydrogen (secondary N) is 2. The molecule has 0 saturated carbocycles. The molecule has 4 aromatic rings. The molecule has 0 amide bonds. The predicted octanol–water partition coefficient (Wildman–Crippen LogP) is -4.52. The van der Waals surface area contributed by atoms with E-state index in [-0.39, 0.29) is 24.8 Å². The second-order valence-electron chi connectivity index (χ2n) is 4.33. The van der Waals surface area contributed by atoms with Gasteiger partial charge in [0.1, 0.15) is 0 Å². The van der Waals surface area contributed by atoms with E-state index in [1.165, 1.54) is 0 Å². The molecule has 4 nitrogen and oxygen atoms in total. The maximum absolute atomic E-state index is 4.62. The van der Waals surface area contributed by atoms with Gasteiger partial charge in [-0.3, -0.25) is 0 Å². The standard InChI is InChI=1S/2C7H5N2.2ClH.Ti/c2*1-2-4-7-6(3-1)8-5-9-7;;;/h2*1-4H,(H,8,9);2*1H;/q;;;;+2/p-2. The summed E-state index contributed by atoms with van der Waals surface area (Å²) in [7, 11) is 0. The van der Waals surface area contributed by atoms with Gasteiger partial charge in [-0.05, 0) is 0 Å². The van der Waals surface area contributed by atoms with Crippen molar-refractivity contribution < 1.29 is 44.0 Å². The number of halogens is 2. The van der Waals surface area contributed by atoms with Crippen molar-refractivity contribution in [3.8, 4) is 0 Å². The number of aromatic nitrogens is 4. The van der Waals surface area contributed by atoms with Gasteiger partial charge in [-0.15, -0.1) is 0 Å². The van der Waals surface area contributed by atoms with Crippen LogP contribution in [0, 0.1) is 0 Å². The van der Waals surface area contributed by atoms with Crippen LogP contribution in [0.2, 0.25) is 0 Å². The van der Waals surface area contributed by atoms with E-state index in [2.05, 4.69) is 32.1 Å². The van der Waals surface area contributed by atoms with Gasteiger partial charge in [-0.2, -0.15) is 0 Å². The van der Waals surface area contributed by atoms with Crippen molar-refractivity contribution in [2.45, 2.75) is 0 Å². The van der Waals surface area contributed by atoms with E-state index in [4.69, 9.17) is 0 Å². The minimum absolute atomic E-state index is 0. The molecule has 2 N–H and O–H groups in total. The van der Waals surface area contributed by atoms with Crippen molar-refractivity contribution in [3.63, 3.8) is 0 Å². The molecule has 0 bridgehead atoms. The molecule has 2 aromatic heterocycles. The van der Waals surface area contributed by atoms with Gasteiger partial charge in [0, 0.05) is 0 Å². The van der Waals surface area contributed by atoms with Crippen molar-refractivity contribution in [2.24, 2.45) is 0 Å². The number of benzene rings is 2. The van der Waals surface area contributed by atoms with Gasteiger partial charge in [-0.1, -0.05) is 0 Å². The molecule has 7 heteroatoms. The van der Waals surface area contributed by atoms with Gasteiger partial charge >= 0.3 is 118 Å². The zero-order valence-electron chi connectivity index (χ0n) is 10.8. The Morgan fingerprint density at radius 1 is 0.667 bits per heavy atom. The van der Waals surface area contributed by atoms with Crippen LogP contribution in [0.3, 0.4) is 0 Å². The molecule has 0 radical (unpaired) electrons. The van der Waals surface area contributed by atoms with Gasteiger partial charge in [0.2, 0.25) is 0 Å². The fourth-order valence-electron chi connectivity index (χ4n) is 2.14. The SMILES string of the molecule is [Cl-].[Cl-].c1ccc2[nH][c]([Ti+2][c]3nc4ccccc4[nH]3)nc2c1. The third kappa shape index (κ3) is 3.14. The molecule has 2 aromatic carbocycles. The zero-order chi connectivity index (χ0) is 12.7. The second-order valence-corrected chi connectivity index (χ2v) is 6.20. The molecular weight excluding hydrogens is 343 g/mol. The third-order valence-corrected chi connectivity index (χ3v) is 4.49. The summed E-state index contributed by atoms with van der Waals surface area (Å²) in [5.41, 5.74) is 4.24. The maximum atomic E-state index is 4.62. The molecule has 0 spiro atoms. The number of H-pyrrole nitrogens is 2. The topological polar surface area (TPSA) is 57.4 Å². The molecule has 104 valence electrons. The number of fused-ring (bicyclic) bond motifs is 2. The van der Waals surface area contributed by atoms with E-state index in [0.29, 0.717) is 0 Å². The van der Waals surface area contributed by atoms with Gasteiger partial charge < -0.3 is 24.8 Å². The van der Waals surface area contributed by atoms with E-state index in [1.807, 2.05) is 36.4 Å². The number of aromatic amines is 2. The Bertz CT molecular complexity index is 733. The van der Waals surface area contributed by atoms with Crippen LogP contribution in [0.15, 0.2) is 48.5 Å². The molecule has 0 aliphatic heterocycles. The molecule has 0 atom stereocenters. The molecule has 21 heavy (non-hydrogen) atoms. The molecular formula is C14H10Cl2N4Ti. The quantitative estimate of drug-likeness (QED) is 0.357. The normalized spacial score (nSPS) is 9.90. The van der Waals surface area contributed by atoms with Crippen LogP contribution < -0.4 is 33.1 Å². The summed E-state index contributed by atoms with van der Waals surface area (Å²) in [5.74, 6) is 0. The average Bonchev–Trinajstić information content (AvgIpc) is 3.00. The third-order valence-electron chi connectivity index (χ3n) is 3.02. The Kier molecular flexibility index (Phi) is 5.06. The Morgan fingerprint density at radius 3 is 1.52 bits per heavy atom. The Morgan fingerprint density at radius 2 is 1.10 bits per heavy atom. The summed E-state index contributed by atoms with van der Waals surface area (Å²) in [6.07, 6.45) is 0. The van der Waals surface area contributed by atoms with Crippen LogP contribution in [0.1, 0.15) is 0 Å². The summed E-state index contributed by atoms with van der Waals surface area (Å²) < 4.78 is 2.11. The van der Waals surface area contributed by atoms with Crippen LogP contribution in [0.5, 0.6) is 0 Å². The van der Waals surface area contributed by atoms with E-state index in [0.717, 1.165) is 30.3 Å². The second kappa shape index (κ2) is 6.62. The first kappa shape index (κ1) is 16.1. The first-order valence-electron chi connectivity index (χ1n) is 6.05. The molecule has 0 aliphatic rings. The van der Waals surface area contributed by atoms with Gasteiger partial charge in [0.25, 0.3) is 0 Å². The van der Waals surface area contributed by atoms with Crippen LogP contribution in [0.4, 0.5) is 0 Å². The first-order valence-corrected chi connectivity index (χ1v) is 7.61. The molecule has 0 fully saturated rings. The Labute approximate surface area is 142 Å². The van der Waals surface area contributed by atoms with E-state index in [1.54, 1.807) is 0 Å². The Hall–Kier alpha value is -1.33. The fourth-order valence-corrected chi connectivity index (χ4v) is 3.65. The Balaban J connectivity index is 0.000000807. The molecule has 0 saturated heterocycles. The summed E-state index contributed by atoms with van der Waals surface area (Å²) >= 11 is -0.549. The number of nitrogens with zero attached hydrogens (tertiary/aromatic N) is 2. The first-order chi connectivity index (χ1) is 9.38. The van der Waals surface area contributed by atoms with Gasteiger partial charge in [-0.25, -0.2) is 0 Å². The van der Waals surface area contributed by atoms with Crippen molar-refractivity contribution in [1.29, 1.82) is 0 Å². The fraction of sp³-hybridized carbons (Fsp3) is 0. The van der Waals surface area contributed by atoms with Crippen LogP contribution in [0.25, 0.3) is 22.1 Å². The molecule has 0 unspecified atom stereocenters. The van der Waals surface area contributed by atoms with Crippen LogP contribution >= 0.6 is 0 Å². The van der Waals surface area contributed by atoms with Crippen molar-refractivity contribution in [1.82, 2.24) is 19.9 Å². The number of imidazole rings is 2. The monoisotopic (exact) mass is 352 g/mol. The predicted molar refractivity (Wildman–Crippen MR) is 71.5 cm³/mol. The number of para-hydroxylation sites is 4. The van der Waals surface area contributed by atoms with Crippen molar-refractivity contribution in [2.75, 3.05) is 0 Å². The van der Waals surface area contributed by atoms with Crippen LogP contribution in [-0.4, -0.2) is 19.9 Å². The average molecular weight is 353 g/mol. The molecule has 0 aliphatic carbocycles. The number of rotatable bonds is 2. The molecule has 2 heterocycles. The van der Waals surface area contributed by atoms with E-state index in [9.17, 15) is 0 Å². The number of hydrogen-bond acceptors (Lipinski definition) is 2. The van der Waals surface area contributed by atoms with Crippen molar-refractivity contribution in [3.05, 3.63) is 48.5 Å². The van der Waals surface area contributed by atoms with Crippen LogP contribution in [-0.2, 0) is 19.2 Å². The summed E-state index contributed by atoms with van der Waals surface area (Å²) in [5, 5.41) is 0. The minimum atomic E-state index is -0.549. The summed E-state index contributed by atoms with van der Waals surface area (Å²) in [6, 6.07) is 16.2. The molecule has 4 rings (SSSR count). The summed E-state index contributed by atoms with van der Waals surface area (Å²) in [4.78, 5) is 16.0. The summed E-state index contributed by atoms with van der Waals surface area (Å²) in [6.45, 7) is 0. The van der Waals surface area contributed by atoms with E-state index >= 15 is 0 Å². The zero-order valence-corrected chi connectivity index (χ0v) is 13.8. The van der Waals surface area contributed by atoms with Gasteiger partial charge in [0.15, 0.2) is 0 Å². The van der Waals surface area contributed by atoms with Gasteiger partial charge in [0.05, 0.1) is 0 Å². The van der Waals surface area contributed by atoms with Crippen molar-refractivity contribution >= 4 is 30.3 Å². The number of hydrogen-bond donors (Lipinski definition) is 2.